The number of unbranched alkanes of at least 4 members (excludes halogenated alkanes) is 1. The van der Waals surface area contributed by atoms with Crippen molar-refractivity contribution in [1.82, 2.24) is 4.90 Å². The summed E-state index contributed by atoms with van der Waals surface area (Å²) in [5.74, 6) is 1.59. The summed E-state index contributed by atoms with van der Waals surface area (Å²) in [5, 5.41) is 4.70. The number of hydrogen-bond donors (Lipinski definition) is 1. The molecule has 0 saturated carbocycles. The van der Waals surface area contributed by atoms with E-state index in [1.54, 1.807) is 0 Å². The monoisotopic (exact) mass is 418 g/mol. The molecule has 6 heteroatoms. The highest BCUT2D eigenvalue weighted by atomic mass is 35.5. The number of benzene rings is 2. The third-order valence-corrected chi connectivity index (χ3v) is 4.78. The molecule has 0 fully saturated rings. The fourth-order valence-corrected chi connectivity index (χ4v) is 2.96. The lowest BCUT2D eigenvalue weighted by Gasteiger charge is -2.23. The molecule has 0 bridgehead atoms. The van der Waals surface area contributed by atoms with Gasteiger partial charge in [0, 0.05) is 35.2 Å². The Morgan fingerprint density at radius 2 is 1.46 bits per heavy atom. The molecule has 0 spiro atoms. The lowest BCUT2D eigenvalue weighted by Crippen LogP contribution is -2.32. The molecule has 1 N–H and O–H groups in total. The van der Waals surface area contributed by atoms with Crippen LogP contribution in [0.15, 0.2) is 58.5 Å². The first-order chi connectivity index (χ1) is 13.5. The van der Waals surface area contributed by atoms with Gasteiger partial charge in [0.25, 0.3) is 0 Å². The van der Waals surface area contributed by atoms with E-state index >= 15 is 0 Å². The number of halogens is 2. The molecule has 0 saturated heterocycles. The number of rotatable bonds is 7. The minimum Gasteiger partial charge on any atom is -0.361 e. The quantitative estimate of drug-likeness (QED) is 0.387. The maximum Gasteiger partial charge on any atom is 0.229 e. The molecule has 0 unspecified atom stereocenters. The number of nitrogens with zero attached hydrogens (tertiary/aromatic N) is 3. The molecular formula is C22H28Cl2N4. The molecule has 28 heavy (non-hydrogen) atoms. The molecular weight excluding hydrogens is 391 g/mol. The van der Waals surface area contributed by atoms with Gasteiger partial charge in [0.2, 0.25) is 5.96 Å². The van der Waals surface area contributed by atoms with Crippen molar-refractivity contribution < 1.29 is 0 Å². The predicted octanol–water partition coefficient (Wildman–Crippen LogP) is 7.02. The highest BCUT2D eigenvalue weighted by Crippen LogP contribution is 2.19. The standard InChI is InChI=1S/C22H28Cl2N4/c1-4-7-8-21(28(5-2)6-3)27-22(25-19-13-9-17(23)10-14-19)26-20-15-11-18(24)12-16-20/h9-16H,4-8H2,1-3H3,(H,25,26)/b27-21+. The van der Waals surface area contributed by atoms with E-state index in [0.717, 1.165) is 49.6 Å². The number of anilines is 1. The van der Waals surface area contributed by atoms with Crippen LogP contribution < -0.4 is 5.32 Å². The minimum atomic E-state index is 0.544. The predicted molar refractivity (Wildman–Crippen MR) is 124 cm³/mol. The van der Waals surface area contributed by atoms with Gasteiger partial charge in [-0.25, -0.2) is 4.99 Å². The van der Waals surface area contributed by atoms with Crippen molar-refractivity contribution in [3.63, 3.8) is 0 Å². The smallest absolute Gasteiger partial charge is 0.229 e. The van der Waals surface area contributed by atoms with E-state index in [9.17, 15) is 0 Å². The zero-order valence-electron chi connectivity index (χ0n) is 16.8. The van der Waals surface area contributed by atoms with E-state index in [2.05, 4.69) is 31.0 Å². The average molecular weight is 419 g/mol. The van der Waals surface area contributed by atoms with Crippen molar-refractivity contribution in [3.8, 4) is 0 Å². The Morgan fingerprint density at radius 1 is 0.893 bits per heavy atom. The topological polar surface area (TPSA) is 40.0 Å². The number of nitrogens with one attached hydrogen (secondary N) is 1. The third kappa shape index (κ3) is 7.17. The molecule has 0 aliphatic heterocycles. The second-order valence-corrected chi connectivity index (χ2v) is 7.22. The fraction of sp³-hybridized carbons (Fsp3) is 0.364. The van der Waals surface area contributed by atoms with Crippen molar-refractivity contribution in [2.75, 3.05) is 18.4 Å². The van der Waals surface area contributed by atoms with Gasteiger partial charge in [-0.2, -0.15) is 4.99 Å². The van der Waals surface area contributed by atoms with Gasteiger partial charge in [0.15, 0.2) is 0 Å². The van der Waals surface area contributed by atoms with Crippen LogP contribution in [0.25, 0.3) is 0 Å². The molecule has 4 nitrogen and oxygen atoms in total. The van der Waals surface area contributed by atoms with E-state index < -0.39 is 0 Å². The summed E-state index contributed by atoms with van der Waals surface area (Å²) >= 11 is 12.0. The Labute approximate surface area is 178 Å². The van der Waals surface area contributed by atoms with E-state index in [-0.39, 0.29) is 0 Å². The number of guanidine groups is 1. The summed E-state index contributed by atoms with van der Waals surface area (Å²) < 4.78 is 0. The first kappa shape index (κ1) is 22.3. The molecule has 0 aliphatic rings. The molecule has 150 valence electrons. The summed E-state index contributed by atoms with van der Waals surface area (Å²) in [7, 11) is 0. The van der Waals surface area contributed by atoms with Crippen molar-refractivity contribution in [2.45, 2.75) is 40.0 Å². The Bertz CT molecular complexity index is 779. The summed E-state index contributed by atoms with van der Waals surface area (Å²) in [6.45, 7) is 8.30. The average Bonchev–Trinajstić information content (AvgIpc) is 2.70. The number of amidine groups is 1. The summed E-state index contributed by atoms with van der Waals surface area (Å²) in [5.41, 5.74) is 1.68. The van der Waals surface area contributed by atoms with Crippen LogP contribution in [-0.4, -0.2) is 29.8 Å². The maximum absolute atomic E-state index is 6.01. The second kappa shape index (κ2) is 11.7. The van der Waals surface area contributed by atoms with E-state index in [4.69, 9.17) is 33.2 Å². The lowest BCUT2D eigenvalue weighted by atomic mass is 10.2. The van der Waals surface area contributed by atoms with Gasteiger partial charge >= 0.3 is 0 Å². The van der Waals surface area contributed by atoms with Gasteiger partial charge in [0.05, 0.1) is 5.69 Å². The van der Waals surface area contributed by atoms with E-state index in [0.29, 0.717) is 16.0 Å². The summed E-state index contributed by atoms with van der Waals surface area (Å²) in [6, 6.07) is 14.9. The Balaban J connectivity index is 2.41. The fourth-order valence-electron chi connectivity index (χ4n) is 2.71. The molecule has 0 heterocycles. The molecule has 2 rings (SSSR count). The maximum atomic E-state index is 6.01. The zero-order chi connectivity index (χ0) is 20.4. The highest BCUT2D eigenvalue weighted by molar-refractivity contribution is 6.31. The Kier molecular flexibility index (Phi) is 9.32. The van der Waals surface area contributed by atoms with Crippen molar-refractivity contribution in [1.29, 1.82) is 0 Å². The van der Waals surface area contributed by atoms with Crippen LogP contribution in [0.2, 0.25) is 10.0 Å². The van der Waals surface area contributed by atoms with Crippen LogP contribution in [0.4, 0.5) is 11.4 Å². The van der Waals surface area contributed by atoms with Gasteiger partial charge in [-0.05, 0) is 68.8 Å². The normalized spacial score (nSPS) is 12.2. The molecule has 2 aromatic carbocycles. The van der Waals surface area contributed by atoms with Gasteiger partial charge in [0.1, 0.15) is 5.84 Å². The SMILES string of the molecule is CCCC/C(=N\C(=Nc1ccc(Cl)cc1)Nc1ccc(Cl)cc1)N(CC)CC. The number of aliphatic imine (C=N–C) groups is 2. The summed E-state index contributed by atoms with van der Waals surface area (Å²) in [4.78, 5) is 11.9. The Morgan fingerprint density at radius 3 is 2.00 bits per heavy atom. The van der Waals surface area contributed by atoms with Crippen molar-refractivity contribution >= 4 is 46.4 Å². The molecule has 2 aromatic rings. The van der Waals surface area contributed by atoms with E-state index in [1.165, 1.54) is 0 Å². The first-order valence-electron chi connectivity index (χ1n) is 9.75. The van der Waals surface area contributed by atoms with Gasteiger partial charge in [-0.15, -0.1) is 0 Å². The van der Waals surface area contributed by atoms with Crippen molar-refractivity contribution in [2.24, 2.45) is 9.98 Å². The van der Waals surface area contributed by atoms with Gasteiger partial charge in [-0.1, -0.05) is 36.5 Å². The van der Waals surface area contributed by atoms with Crippen LogP contribution in [0, 0.1) is 0 Å². The molecule has 0 amide bonds. The van der Waals surface area contributed by atoms with Crippen LogP contribution >= 0.6 is 23.2 Å². The third-order valence-electron chi connectivity index (χ3n) is 4.28. The first-order valence-corrected chi connectivity index (χ1v) is 10.5. The van der Waals surface area contributed by atoms with Gasteiger partial charge < -0.3 is 10.2 Å². The summed E-state index contributed by atoms with van der Waals surface area (Å²) in [6.07, 6.45) is 3.12. The second-order valence-electron chi connectivity index (χ2n) is 6.35. The van der Waals surface area contributed by atoms with Crippen LogP contribution in [-0.2, 0) is 0 Å². The van der Waals surface area contributed by atoms with Crippen LogP contribution in [0.1, 0.15) is 40.0 Å². The zero-order valence-corrected chi connectivity index (χ0v) is 18.3. The van der Waals surface area contributed by atoms with E-state index in [1.807, 2.05) is 48.5 Å². The lowest BCUT2D eigenvalue weighted by molar-refractivity contribution is 0.453. The van der Waals surface area contributed by atoms with Crippen molar-refractivity contribution in [3.05, 3.63) is 58.6 Å². The molecule has 0 atom stereocenters. The highest BCUT2D eigenvalue weighted by Gasteiger charge is 2.10. The molecule has 0 aromatic heterocycles. The Hall–Kier alpha value is -2.04. The van der Waals surface area contributed by atoms with Crippen LogP contribution in [0.5, 0.6) is 0 Å². The molecule has 0 radical (unpaired) electrons. The number of hydrogen-bond acceptors (Lipinski definition) is 1. The molecule has 0 aliphatic carbocycles. The van der Waals surface area contributed by atoms with Crippen LogP contribution in [0.3, 0.4) is 0 Å². The minimum absolute atomic E-state index is 0.544. The largest absolute Gasteiger partial charge is 0.361 e. The van der Waals surface area contributed by atoms with Gasteiger partial charge in [-0.3, -0.25) is 0 Å².